The normalized spacial score (nSPS) is 19.0. The van der Waals surface area contributed by atoms with Gasteiger partial charge in [-0.1, -0.05) is 12.1 Å². The van der Waals surface area contributed by atoms with Gasteiger partial charge < -0.3 is 15.0 Å². The van der Waals surface area contributed by atoms with Gasteiger partial charge in [0.1, 0.15) is 11.8 Å². The highest BCUT2D eigenvalue weighted by atomic mass is 16.5. The largest absolute Gasteiger partial charge is 0.496 e. The van der Waals surface area contributed by atoms with Crippen molar-refractivity contribution in [1.29, 1.82) is 0 Å². The molecule has 22 heavy (non-hydrogen) atoms. The highest BCUT2D eigenvalue weighted by molar-refractivity contribution is 5.99. The van der Waals surface area contributed by atoms with Crippen molar-refractivity contribution in [1.82, 2.24) is 10.2 Å². The molecule has 0 radical (unpaired) electrons. The smallest absolute Gasteiger partial charge is 0.255 e. The highest BCUT2D eigenvalue weighted by Crippen LogP contribution is 2.19. The van der Waals surface area contributed by atoms with E-state index in [0.717, 1.165) is 19.4 Å². The summed E-state index contributed by atoms with van der Waals surface area (Å²) >= 11 is 0. The molecule has 1 saturated heterocycles. The lowest BCUT2D eigenvalue weighted by Gasteiger charge is -2.28. The van der Waals surface area contributed by atoms with Crippen LogP contribution in [0.25, 0.3) is 0 Å². The van der Waals surface area contributed by atoms with Crippen LogP contribution in [0, 0.1) is 0 Å². The van der Waals surface area contributed by atoms with Crippen molar-refractivity contribution in [2.24, 2.45) is 0 Å². The number of nitrogens with one attached hydrogen (secondary N) is 1. The molecule has 2 amide bonds. The van der Waals surface area contributed by atoms with Gasteiger partial charge in [0.2, 0.25) is 5.91 Å². The predicted molar refractivity (Wildman–Crippen MR) is 84.9 cm³/mol. The molecule has 2 rings (SSSR count). The zero-order chi connectivity index (χ0) is 16.1. The van der Waals surface area contributed by atoms with Gasteiger partial charge in [-0.2, -0.15) is 0 Å². The molecule has 1 aromatic carbocycles. The number of carbonyl (C=O) groups excluding carboxylic acids is 2. The van der Waals surface area contributed by atoms with E-state index in [0.29, 0.717) is 17.7 Å². The lowest BCUT2D eigenvalue weighted by atomic mass is 10.1. The molecule has 1 fully saturated rings. The minimum absolute atomic E-state index is 0.00995. The number of hydrogen-bond donors (Lipinski definition) is 1. The molecular weight excluding hydrogens is 280 g/mol. The first-order chi connectivity index (χ1) is 10.5. The van der Waals surface area contributed by atoms with E-state index in [1.54, 1.807) is 18.2 Å². The Morgan fingerprint density at radius 1 is 1.32 bits per heavy atom. The first kappa shape index (κ1) is 16.3. The van der Waals surface area contributed by atoms with Gasteiger partial charge in [0.15, 0.2) is 0 Å². The third-order valence-corrected chi connectivity index (χ3v) is 4.00. The van der Waals surface area contributed by atoms with Gasteiger partial charge in [-0.3, -0.25) is 9.59 Å². The average Bonchev–Trinajstić information content (AvgIpc) is 2.69. The SMILES string of the molecule is COc1ccccc1C(=O)NC1CCCCN(C(C)C)C1=O. The third kappa shape index (κ3) is 3.59. The van der Waals surface area contributed by atoms with Crippen molar-refractivity contribution in [3.05, 3.63) is 29.8 Å². The topological polar surface area (TPSA) is 58.6 Å². The van der Waals surface area contributed by atoms with Crippen LogP contribution < -0.4 is 10.1 Å². The number of methoxy groups -OCH3 is 1. The summed E-state index contributed by atoms with van der Waals surface area (Å²) in [6.07, 6.45) is 2.60. The van der Waals surface area contributed by atoms with Crippen LogP contribution in [0.4, 0.5) is 0 Å². The number of ether oxygens (including phenoxy) is 1. The summed E-state index contributed by atoms with van der Waals surface area (Å²) in [6.45, 7) is 4.77. The average molecular weight is 304 g/mol. The third-order valence-electron chi connectivity index (χ3n) is 4.00. The Labute approximate surface area is 131 Å². The number of likely N-dealkylation sites (tertiary alicyclic amines) is 1. The molecule has 1 atom stereocenters. The summed E-state index contributed by atoms with van der Waals surface area (Å²) in [5.74, 6) is 0.263. The maximum atomic E-state index is 12.6. The molecule has 0 saturated carbocycles. The second-order valence-corrected chi connectivity index (χ2v) is 5.85. The molecule has 1 unspecified atom stereocenters. The molecule has 1 aliphatic rings. The molecule has 0 aromatic heterocycles. The molecule has 120 valence electrons. The number of amides is 2. The van der Waals surface area contributed by atoms with Gasteiger partial charge in [0.05, 0.1) is 12.7 Å². The monoisotopic (exact) mass is 304 g/mol. The van der Waals surface area contributed by atoms with Crippen LogP contribution in [0.1, 0.15) is 43.5 Å². The van der Waals surface area contributed by atoms with Crippen LogP contribution in [-0.2, 0) is 4.79 Å². The van der Waals surface area contributed by atoms with Crippen molar-refractivity contribution >= 4 is 11.8 Å². The van der Waals surface area contributed by atoms with E-state index < -0.39 is 6.04 Å². The van der Waals surface area contributed by atoms with Crippen molar-refractivity contribution in [3.8, 4) is 5.75 Å². The van der Waals surface area contributed by atoms with Gasteiger partial charge in [0, 0.05) is 12.6 Å². The first-order valence-corrected chi connectivity index (χ1v) is 7.79. The quantitative estimate of drug-likeness (QED) is 0.928. The molecule has 1 heterocycles. The van der Waals surface area contributed by atoms with E-state index in [1.165, 1.54) is 7.11 Å². The maximum Gasteiger partial charge on any atom is 0.255 e. The van der Waals surface area contributed by atoms with Gasteiger partial charge in [0.25, 0.3) is 5.91 Å². The van der Waals surface area contributed by atoms with Gasteiger partial charge in [-0.25, -0.2) is 0 Å². The van der Waals surface area contributed by atoms with E-state index >= 15 is 0 Å². The number of para-hydroxylation sites is 1. The second kappa shape index (κ2) is 7.29. The van der Waals surface area contributed by atoms with E-state index in [1.807, 2.05) is 24.8 Å². The summed E-state index contributed by atoms with van der Waals surface area (Å²) < 4.78 is 5.21. The molecular formula is C17H24N2O3. The Balaban J connectivity index is 2.14. The van der Waals surface area contributed by atoms with E-state index in [-0.39, 0.29) is 17.9 Å². The molecule has 0 spiro atoms. The Morgan fingerprint density at radius 3 is 2.73 bits per heavy atom. The summed E-state index contributed by atoms with van der Waals surface area (Å²) in [5.41, 5.74) is 0.457. The van der Waals surface area contributed by atoms with Crippen LogP contribution in [0.2, 0.25) is 0 Å². The van der Waals surface area contributed by atoms with Crippen molar-refractivity contribution in [3.63, 3.8) is 0 Å². The molecule has 5 heteroatoms. The van der Waals surface area contributed by atoms with E-state index in [4.69, 9.17) is 4.74 Å². The fraction of sp³-hybridized carbons (Fsp3) is 0.529. The minimum atomic E-state index is -0.456. The van der Waals surface area contributed by atoms with Gasteiger partial charge in [-0.05, 0) is 45.2 Å². The van der Waals surface area contributed by atoms with Crippen LogP contribution in [-0.4, -0.2) is 42.5 Å². The Morgan fingerprint density at radius 2 is 2.05 bits per heavy atom. The van der Waals surface area contributed by atoms with Gasteiger partial charge in [-0.15, -0.1) is 0 Å². The fourth-order valence-corrected chi connectivity index (χ4v) is 2.78. The van der Waals surface area contributed by atoms with Crippen LogP contribution in [0.3, 0.4) is 0 Å². The standard InChI is InChI=1S/C17H24N2O3/c1-12(2)19-11-7-6-9-14(17(19)21)18-16(20)13-8-4-5-10-15(13)22-3/h4-5,8,10,12,14H,6-7,9,11H2,1-3H3,(H,18,20). The lowest BCUT2D eigenvalue weighted by molar-refractivity contribution is -0.134. The van der Waals surface area contributed by atoms with Gasteiger partial charge >= 0.3 is 0 Å². The van der Waals surface area contributed by atoms with E-state index in [9.17, 15) is 9.59 Å². The number of benzene rings is 1. The molecule has 1 N–H and O–H groups in total. The number of hydrogen-bond acceptors (Lipinski definition) is 3. The summed E-state index contributed by atoms with van der Waals surface area (Å²) in [4.78, 5) is 26.9. The van der Waals surface area contributed by atoms with Crippen LogP contribution in [0.5, 0.6) is 5.75 Å². The number of nitrogens with zero attached hydrogens (tertiary/aromatic N) is 1. The number of rotatable bonds is 4. The minimum Gasteiger partial charge on any atom is -0.496 e. The molecule has 5 nitrogen and oxygen atoms in total. The predicted octanol–water partition coefficient (Wildman–Crippen LogP) is 2.21. The zero-order valence-electron chi connectivity index (χ0n) is 13.5. The molecule has 0 bridgehead atoms. The summed E-state index contributed by atoms with van der Waals surface area (Å²) in [5, 5.41) is 2.87. The molecule has 0 aliphatic carbocycles. The Kier molecular flexibility index (Phi) is 5.41. The molecule has 1 aromatic rings. The first-order valence-electron chi connectivity index (χ1n) is 7.79. The highest BCUT2D eigenvalue weighted by Gasteiger charge is 2.30. The van der Waals surface area contributed by atoms with Crippen LogP contribution in [0.15, 0.2) is 24.3 Å². The number of carbonyl (C=O) groups is 2. The van der Waals surface area contributed by atoms with Crippen molar-refractivity contribution in [2.75, 3.05) is 13.7 Å². The van der Waals surface area contributed by atoms with E-state index in [2.05, 4.69) is 5.32 Å². The lowest BCUT2D eigenvalue weighted by Crippen LogP contribution is -2.49. The van der Waals surface area contributed by atoms with Crippen molar-refractivity contribution in [2.45, 2.75) is 45.2 Å². The summed E-state index contributed by atoms with van der Waals surface area (Å²) in [6, 6.07) is 6.73. The Hall–Kier alpha value is -2.04. The van der Waals surface area contributed by atoms with Crippen LogP contribution >= 0.6 is 0 Å². The van der Waals surface area contributed by atoms with Crippen molar-refractivity contribution < 1.29 is 14.3 Å². The molecule has 1 aliphatic heterocycles. The zero-order valence-corrected chi connectivity index (χ0v) is 13.5. The maximum absolute atomic E-state index is 12.6. The second-order valence-electron chi connectivity index (χ2n) is 5.85. The fourth-order valence-electron chi connectivity index (χ4n) is 2.78. The summed E-state index contributed by atoms with van der Waals surface area (Å²) in [7, 11) is 1.53. The Bertz CT molecular complexity index is 542.